The molecular weight excluding hydrogens is 148 g/mol. The fourth-order valence-electron chi connectivity index (χ4n) is 1.65. The van der Waals surface area contributed by atoms with Crippen molar-refractivity contribution in [2.24, 2.45) is 0 Å². The molecule has 1 fully saturated rings. The predicted octanol–water partition coefficient (Wildman–Crippen LogP) is 0.740. The standard InChI is InChI=1S/C10H18N2/c1-3-4-7-12-10-6-5-8-11-9(10)2/h1,9-12H,4-8H2,2H3. The van der Waals surface area contributed by atoms with Gasteiger partial charge in [0, 0.05) is 25.0 Å². The van der Waals surface area contributed by atoms with Crippen molar-refractivity contribution in [2.45, 2.75) is 38.3 Å². The lowest BCUT2D eigenvalue weighted by Crippen LogP contribution is -2.50. The molecule has 2 unspecified atom stereocenters. The number of rotatable bonds is 3. The van der Waals surface area contributed by atoms with Gasteiger partial charge in [-0.2, -0.15) is 0 Å². The summed E-state index contributed by atoms with van der Waals surface area (Å²) in [4.78, 5) is 0. The highest BCUT2D eigenvalue weighted by molar-refractivity contribution is 4.87. The molecule has 2 N–H and O–H groups in total. The van der Waals surface area contributed by atoms with Crippen LogP contribution in [0.15, 0.2) is 0 Å². The highest BCUT2D eigenvalue weighted by Gasteiger charge is 2.18. The van der Waals surface area contributed by atoms with E-state index < -0.39 is 0 Å². The molecular formula is C10H18N2. The van der Waals surface area contributed by atoms with Gasteiger partial charge in [-0.1, -0.05) is 0 Å². The van der Waals surface area contributed by atoms with Crippen molar-refractivity contribution in [1.82, 2.24) is 10.6 Å². The molecule has 0 aromatic rings. The summed E-state index contributed by atoms with van der Waals surface area (Å²) < 4.78 is 0. The van der Waals surface area contributed by atoms with Gasteiger partial charge in [-0.25, -0.2) is 0 Å². The van der Waals surface area contributed by atoms with E-state index in [4.69, 9.17) is 6.42 Å². The van der Waals surface area contributed by atoms with Crippen molar-refractivity contribution in [3.8, 4) is 12.3 Å². The van der Waals surface area contributed by atoms with Crippen LogP contribution in [-0.2, 0) is 0 Å². The highest BCUT2D eigenvalue weighted by Crippen LogP contribution is 2.07. The average molecular weight is 166 g/mol. The summed E-state index contributed by atoms with van der Waals surface area (Å²) >= 11 is 0. The van der Waals surface area contributed by atoms with Gasteiger partial charge in [0.05, 0.1) is 0 Å². The van der Waals surface area contributed by atoms with Crippen LogP contribution in [0.5, 0.6) is 0 Å². The lowest BCUT2D eigenvalue weighted by atomic mass is 10.00. The second-order valence-corrected chi connectivity index (χ2v) is 3.40. The van der Waals surface area contributed by atoms with E-state index in [1.165, 1.54) is 12.8 Å². The number of hydrogen-bond donors (Lipinski definition) is 2. The highest BCUT2D eigenvalue weighted by atomic mass is 15.0. The molecule has 0 aliphatic carbocycles. The molecule has 0 amide bonds. The smallest absolute Gasteiger partial charge is 0.0219 e. The lowest BCUT2D eigenvalue weighted by Gasteiger charge is -2.30. The van der Waals surface area contributed by atoms with Crippen LogP contribution in [0.1, 0.15) is 26.2 Å². The molecule has 2 atom stereocenters. The normalized spacial score (nSPS) is 29.7. The van der Waals surface area contributed by atoms with Crippen LogP contribution in [-0.4, -0.2) is 25.2 Å². The van der Waals surface area contributed by atoms with E-state index in [-0.39, 0.29) is 0 Å². The van der Waals surface area contributed by atoms with Crippen LogP contribution in [0.3, 0.4) is 0 Å². The molecule has 2 heteroatoms. The number of hydrogen-bond acceptors (Lipinski definition) is 2. The molecule has 0 aromatic heterocycles. The summed E-state index contributed by atoms with van der Waals surface area (Å²) in [5, 5.41) is 6.91. The predicted molar refractivity (Wildman–Crippen MR) is 51.9 cm³/mol. The first-order valence-corrected chi connectivity index (χ1v) is 4.75. The zero-order chi connectivity index (χ0) is 8.81. The Labute approximate surface area is 75.1 Å². The minimum atomic E-state index is 0.594. The van der Waals surface area contributed by atoms with Crippen LogP contribution in [0.2, 0.25) is 0 Å². The van der Waals surface area contributed by atoms with Gasteiger partial charge in [-0.15, -0.1) is 12.3 Å². The third-order valence-electron chi connectivity index (χ3n) is 2.44. The van der Waals surface area contributed by atoms with Gasteiger partial charge in [-0.05, 0) is 26.3 Å². The molecule has 1 heterocycles. The van der Waals surface area contributed by atoms with Gasteiger partial charge in [0.2, 0.25) is 0 Å². The molecule has 1 aliphatic rings. The molecule has 12 heavy (non-hydrogen) atoms. The Morgan fingerprint density at radius 2 is 2.50 bits per heavy atom. The third-order valence-corrected chi connectivity index (χ3v) is 2.44. The minimum Gasteiger partial charge on any atom is -0.313 e. The molecule has 0 bridgehead atoms. The largest absolute Gasteiger partial charge is 0.313 e. The lowest BCUT2D eigenvalue weighted by molar-refractivity contribution is 0.320. The monoisotopic (exact) mass is 166 g/mol. The average Bonchev–Trinajstić information content (AvgIpc) is 2.09. The molecule has 0 spiro atoms. The topological polar surface area (TPSA) is 24.1 Å². The second kappa shape index (κ2) is 5.18. The second-order valence-electron chi connectivity index (χ2n) is 3.40. The molecule has 1 rings (SSSR count). The van der Waals surface area contributed by atoms with E-state index in [1.54, 1.807) is 0 Å². The maximum Gasteiger partial charge on any atom is 0.0219 e. The minimum absolute atomic E-state index is 0.594. The van der Waals surface area contributed by atoms with Crippen molar-refractivity contribution >= 4 is 0 Å². The summed E-state index contributed by atoms with van der Waals surface area (Å²) in [6.07, 6.45) is 8.56. The van der Waals surface area contributed by atoms with Gasteiger partial charge < -0.3 is 10.6 Å². The maximum atomic E-state index is 5.17. The Kier molecular flexibility index (Phi) is 4.13. The van der Waals surface area contributed by atoms with Gasteiger partial charge in [0.15, 0.2) is 0 Å². The summed E-state index contributed by atoms with van der Waals surface area (Å²) in [5.41, 5.74) is 0. The van der Waals surface area contributed by atoms with Crippen molar-refractivity contribution in [1.29, 1.82) is 0 Å². The summed E-state index contributed by atoms with van der Waals surface area (Å²) in [5.74, 6) is 2.64. The van der Waals surface area contributed by atoms with Crippen molar-refractivity contribution in [2.75, 3.05) is 13.1 Å². The Balaban J connectivity index is 2.16. The number of nitrogens with one attached hydrogen (secondary N) is 2. The number of terminal acetylenes is 1. The first-order valence-electron chi connectivity index (χ1n) is 4.75. The summed E-state index contributed by atoms with van der Waals surface area (Å²) in [6.45, 7) is 4.34. The van der Waals surface area contributed by atoms with Crippen LogP contribution in [0.4, 0.5) is 0 Å². The third kappa shape index (κ3) is 2.84. The van der Waals surface area contributed by atoms with Crippen LogP contribution in [0, 0.1) is 12.3 Å². The zero-order valence-corrected chi connectivity index (χ0v) is 7.77. The van der Waals surface area contributed by atoms with E-state index in [2.05, 4.69) is 23.5 Å². The van der Waals surface area contributed by atoms with E-state index in [0.717, 1.165) is 19.5 Å². The van der Waals surface area contributed by atoms with Crippen molar-refractivity contribution in [3.63, 3.8) is 0 Å². The molecule has 1 saturated heterocycles. The van der Waals surface area contributed by atoms with Gasteiger partial charge in [0.1, 0.15) is 0 Å². The van der Waals surface area contributed by atoms with Crippen LogP contribution < -0.4 is 10.6 Å². The molecule has 1 aliphatic heterocycles. The fraction of sp³-hybridized carbons (Fsp3) is 0.800. The van der Waals surface area contributed by atoms with E-state index in [1.807, 2.05) is 0 Å². The zero-order valence-electron chi connectivity index (χ0n) is 7.77. The SMILES string of the molecule is C#CCCNC1CCCNC1C. The van der Waals surface area contributed by atoms with E-state index in [9.17, 15) is 0 Å². The maximum absolute atomic E-state index is 5.17. The Morgan fingerprint density at radius 3 is 3.17 bits per heavy atom. The molecule has 68 valence electrons. The van der Waals surface area contributed by atoms with E-state index in [0.29, 0.717) is 12.1 Å². The molecule has 2 nitrogen and oxygen atoms in total. The molecule has 0 saturated carbocycles. The van der Waals surface area contributed by atoms with Gasteiger partial charge in [0.25, 0.3) is 0 Å². The Bertz CT molecular complexity index is 160. The first kappa shape index (κ1) is 9.57. The van der Waals surface area contributed by atoms with Crippen molar-refractivity contribution in [3.05, 3.63) is 0 Å². The summed E-state index contributed by atoms with van der Waals surface area (Å²) in [6, 6.07) is 1.21. The Morgan fingerprint density at radius 1 is 1.67 bits per heavy atom. The van der Waals surface area contributed by atoms with Crippen molar-refractivity contribution < 1.29 is 0 Å². The van der Waals surface area contributed by atoms with Crippen LogP contribution >= 0.6 is 0 Å². The molecule has 0 radical (unpaired) electrons. The van der Waals surface area contributed by atoms with Crippen LogP contribution in [0.25, 0.3) is 0 Å². The quantitative estimate of drug-likeness (QED) is 0.477. The first-order chi connectivity index (χ1) is 5.84. The van der Waals surface area contributed by atoms with Gasteiger partial charge >= 0.3 is 0 Å². The van der Waals surface area contributed by atoms with Gasteiger partial charge in [-0.3, -0.25) is 0 Å². The number of piperidine rings is 1. The fourth-order valence-corrected chi connectivity index (χ4v) is 1.65. The Hall–Kier alpha value is -0.520. The summed E-state index contributed by atoms with van der Waals surface area (Å²) in [7, 11) is 0. The molecule has 0 aromatic carbocycles. The van der Waals surface area contributed by atoms with E-state index >= 15 is 0 Å².